The predicted octanol–water partition coefficient (Wildman–Crippen LogP) is 3.16. The zero-order valence-electron chi connectivity index (χ0n) is 16.9. The molecule has 2 N–H and O–H groups in total. The van der Waals surface area contributed by atoms with E-state index in [9.17, 15) is 4.39 Å². The SMILES string of the molecule is CCNC(=NCc1ccc(C)c(F)c1)NCC(C(C)C)N1CCOCC1.I. The Morgan fingerprint density at radius 3 is 2.56 bits per heavy atom. The van der Waals surface area contributed by atoms with Gasteiger partial charge in [0.05, 0.1) is 19.8 Å². The standard InChI is InChI=1S/C20H33FN4O.HI/c1-5-22-20(23-13-17-7-6-16(4)18(21)12-17)24-14-19(15(2)3)25-8-10-26-11-9-25;/h6-7,12,15,19H,5,8-11,13-14H2,1-4H3,(H2,22,23,24);1H. The summed E-state index contributed by atoms with van der Waals surface area (Å²) in [7, 11) is 0. The van der Waals surface area contributed by atoms with Gasteiger partial charge in [0, 0.05) is 32.2 Å². The van der Waals surface area contributed by atoms with Crippen LogP contribution < -0.4 is 10.6 Å². The van der Waals surface area contributed by atoms with Crippen molar-refractivity contribution in [3.63, 3.8) is 0 Å². The Bertz CT molecular complexity index is 591. The third-order valence-corrected chi connectivity index (χ3v) is 4.76. The number of morpholine rings is 1. The molecular formula is C20H34FIN4O. The summed E-state index contributed by atoms with van der Waals surface area (Å²) in [6.07, 6.45) is 0. The van der Waals surface area contributed by atoms with Gasteiger partial charge in [-0.25, -0.2) is 9.38 Å². The van der Waals surface area contributed by atoms with Gasteiger partial charge in [0.2, 0.25) is 0 Å². The van der Waals surface area contributed by atoms with E-state index in [1.54, 1.807) is 19.1 Å². The summed E-state index contributed by atoms with van der Waals surface area (Å²) in [5.41, 5.74) is 1.53. The molecular weight excluding hydrogens is 458 g/mol. The minimum atomic E-state index is -0.178. The van der Waals surface area contributed by atoms with Gasteiger partial charge in [-0.15, -0.1) is 24.0 Å². The number of nitrogens with one attached hydrogen (secondary N) is 2. The van der Waals surface area contributed by atoms with Crippen molar-refractivity contribution in [1.82, 2.24) is 15.5 Å². The van der Waals surface area contributed by atoms with Crippen molar-refractivity contribution in [2.45, 2.75) is 40.3 Å². The van der Waals surface area contributed by atoms with Crippen LogP contribution in [0.3, 0.4) is 0 Å². The van der Waals surface area contributed by atoms with Crippen LogP contribution in [0.15, 0.2) is 23.2 Å². The highest BCUT2D eigenvalue weighted by molar-refractivity contribution is 14.0. The molecule has 1 fully saturated rings. The molecule has 5 nitrogen and oxygen atoms in total. The highest BCUT2D eigenvalue weighted by Crippen LogP contribution is 2.12. The molecule has 0 amide bonds. The molecule has 1 unspecified atom stereocenters. The van der Waals surface area contributed by atoms with Gasteiger partial charge in [-0.05, 0) is 37.0 Å². The van der Waals surface area contributed by atoms with Crippen LogP contribution in [-0.4, -0.2) is 56.3 Å². The Morgan fingerprint density at radius 1 is 1.26 bits per heavy atom. The van der Waals surface area contributed by atoms with E-state index in [-0.39, 0.29) is 29.8 Å². The molecule has 1 aromatic carbocycles. The Balaban J connectivity index is 0.00000364. The van der Waals surface area contributed by atoms with Crippen molar-refractivity contribution in [2.75, 3.05) is 39.4 Å². The number of ether oxygens (including phenoxy) is 1. The maximum absolute atomic E-state index is 13.7. The summed E-state index contributed by atoms with van der Waals surface area (Å²) in [5, 5.41) is 6.74. The number of guanidine groups is 1. The second kappa shape index (κ2) is 12.5. The van der Waals surface area contributed by atoms with Crippen molar-refractivity contribution < 1.29 is 9.13 Å². The van der Waals surface area contributed by atoms with E-state index >= 15 is 0 Å². The monoisotopic (exact) mass is 492 g/mol. The van der Waals surface area contributed by atoms with Gasteiger partial charge in [0.25, 0.3) is 0 Å². The topological polar surface area (TPSA) is 48.9 Å². The van der Waals surface area contributed by atoms with E-state index < -0.39 is 0 Å². The van der Waals surface area contributed by atoms with E-state index in [1.807, 2.05) is 13.0 Å². The third-order valence-electron chi connectivity index (χ3n) is 4.76. The Kier molecular flexibility index (Phi) is 11.2. The summed E-state index contributed by atoms with van der Waals surface area (Å²) in [6.45, 7) is 13.9. The Labute approximate surface area is 180 Å². The fraction of sp³-hybridized carbons (Fsp3) is 0.650. The second-order valence-corrected chi connectivity index (χ2v) is 7.12. The van der Waals surface area contributed by atoms with E-state index in [2.05, 4.69) is 34.4 Å². The van der Waals surface area contributed by atoms with Gasteiger partial charge in [0.1, 0.15) is 5.82 Å². The smallest absolute Gasteiger partial charge is 0.191 e. The predicted molar refractivity (Wildman–Crippen MR) is 120 cm³/mol. The molecule has 0 saturated carbocycles. The molecule has 0 aliphatic carbocycles. The zero-order chi connectivity index (χ0) is 18.9. The third kappa shape index (κ3) is 7.91. The Hall–Kier alpha value is -0.930. The van der Waals surface area contributed by atoms with E-state index in [1.165, 1.54) is 0 Å². The number of rotatable bonds is 7. The van der Waals surface area contributed by atoms with Crippen LogP contribution in [-0.2, 0) is 11.3 Å². The van der Waals surface area contributed by atoms with Gasteiger partial charge in [0.15, 0.2) is 5.96 Å². The quantitative estimate of drug-likeness (QED) is 0.349. The van der Waals surface area contributed by atoms with E-state index in [0.717, 1.165) is 50.9 Å². The molecule has 27 heavy (non-hydrogen) atoms. The molecule has 154 valence electrons. The molecule has 0 spiro atoms. The lowest BCUT2D eigenvalue weighted by atomic mass is 10.0. The van der Waals surface area contributed by atoms with Crippen LogP contribution >= 0.6 is 24.0 Å². The molecule has 7 heteroatoms. The molecule has 1 aliphatic rings. The number of halogens is 2. The van der Waals surface area contributed by atoms with Gasteiger partial charge in [-0.2, -0.15) is 0 Å². The van der Waals surface area contributed by atoms with E-state index in [0.29, 0.717) is 24.1 Å². The number of nitrogens with zero attached hydrogens (tertiary/aromatic N) is 2. The van der Waals surface area contributed by atoms with Crippen LogP contribution in [0.4, 0.5) is 4.39 Å². The summed E-state index contributed by atoms with van der Waals surface area (Å²) in [6, 6.07) is 5.72. The highest BCUT2D eigenvalue weighted by Gasteiger charge is 2.23. The lowest BCUT2D eigenvalue weighted by Gasteiger charge is -2.37. The summed E-state index contributed by atoms with van der Waals surface area (Å²) >= 11 is 0. The number of benzene rings is 1. The molecule has 1 aliphatic heterocycles. The fourth-order valence-electron chi connectivity index (χ4n) is 3.14. The lowest BCUT2D eigenvalue weighted by Crippen LogP contribution is -2.52. The summed E-state index contributed by atoms with van der Waals surface area (Å²) < 4.78 is 19.2. The average Bonchev–Trinajstić information content (AvgIpc) is 2.63. The first-order valence-electron chi connectivity index (χ1n) is 9.60. The minimum Gasteiger partial charge on any atom is -0.379 e. The van der Waals surface area contributed by atoms with Crippen LogP contribution in [0.5, 0.6) is 0 Å². The molecule has 0 bridgehead atoms. The van der Waals surface area contributed by atoms with Gasteiger partial charge in [-0.3, -0.25) is 4.90 Å². The van der Waals surface area contributed by atoms with Crippen molar-refractivity contribution >= 4 is 29.9 Å². The second-order valence-electron chi connectivity index (χ2n) is 7.12. The maximum atomic E-state index is 13.7. The lowest BCUT2D eigenvalue weighted by molar-refractivity contribution is 0.00752. The normalized spacial score (nSPS) is 16.7. The molecule has 1 heterocycles. The van der Waals surface area contributed by atoms with E-state index in [4.69, 9.17) is 4.74 Å². The number of hydrogen-bond donors (Lipinski definition) is 2. The van der Waals surface area contributed by atoms with Crippen LogP contribution in [0.25, 0.3) is 0 Å². The maximum Gasteiger partial charge on any atom is 0.191 e. The number of hydrogen-bond acceptors (Lipinski definition) is 3. The van der Waals surface area contributed by atoms with Crippen LogP contribution in [0.2, 0.25) is 0 Å². The summed E-state index contributed by atoms with van der Waals surface area (Å²) in [5.74, 6) is 1.13. The first-order valence-corrected chi connectivity index (χ1v) is 9.60. The molecule has 1 saturated heterocycles. The summed E-state index contributed by atoms with van der Waals surface area (Å²) in [4.78, 5) is 7.10. The minimum absolute atomic E-state index is 0. The average molecular weight is 492 g/mol. The van der Waals surface area contributed by atoms with Crippen molar-refractivity contribution in [3.8, 4) is 0 Å². The first-order chi connectivity index (χ1) is 12.5. The molecule has 1 aromatic rings. The molecule has 2 rings (SSSR count). The highest BCUT2D eigenvalue weighted by atomic mass is 127. The van der Waals surface area contributed by atoms with Crippen molar-refractivity contribution in [2.24, 2.45) is 10.9 Å². The number of aryl methyl sites for hydroxylation is 1. The molecule has 1 atom stereocenters. The largest absolute Gasteiger partial charge is 0.379 e. The van der Waals surface area contributed by atoms with Crippen LogP contribution in [0.1, 0.15) is 31.9 Å². The first kappa shape index (κ1) is 24.1. The van der Waals surface area contributed by atoms with Crippen molar-refractivity contribution in [3.05, 3.63) is 35.1 Å². The molecule has 0 radical (unpaired) electrons. The van der Waals surface area contributed by atoms with Crippen molar-refractivity contribution in [1.29, 1.82) is 0 Å². The van der Waals surface area contributed by atoms with Crippen LogP contribution in [0, 0.1) is 18.7 Å². The van der Waals surface area contributed by atoms with Gasteiger partial charge < -0.3 is 15.4 Å². The van der Waals surface area contributed by atoms with Gasteiger partial charge in [-0.1, -0.05) is 26.0 Å². The number of aliphatic imine (C=N–C) groups is 1. The van der Waals surface area contributed by atoms with Gasteiger partial charge >= 0.3 is 0 Å². The zero-order valence-corrected chi connectivity index (χ0v) is 19.3. The fourth-order valence-corrected chi connectivity index (χ4v) is 3.14. The Morgan fingerprint density at radius 2 is 1.96 bits per heavy atom. The molecule has 0 aromatic heterocycles.